The predicted octanol–water partition coefficient (Wildman–Crippen LogP) is 3.10. The van der Waals surface area contributed by atoms with E-state index in [1.54, 1.807) is 0 Å². The Bertz CT molecular complexity index is 415. The summed E-state index contributed by atoms with van der Waals surface area (Å²) in [6, 6.07) is 11.1. The van der Waals surface area contributed by atoms with E-state index in [0.29, 0.717) is 6.04 Å². The second kappa shape index (κ2) is 5.64. The maximum absolute atomic E-state index is 3.80. The van der Waals surface area contributed by atoms with Gasteiger partial charge in [0.15, 0.2) is 0 Å². The quantitative estimate of drug-likeness (QED) is 0.896. The summed E-state index contributed by atoms with van der Waals surface area (Å²) >= 11 is 0. The number of nitrogens with zero attached hydrogens (tertiary/aromatic N) is 1. The van der Waals surface area contributed by atoms with E-state index >= 15 is 0 Å². The highest BCUT2D eigenvalue weighted by molar-refractivity contribution is 5.25. The lowest BCUT2D eigenvalue weighted by molar-refractivity contribution is 0.0482. The Morgan fingerprint density at radius 1 is 1.16 bits per heavy atom. The van der Waals surface area contributed by atoms with Crippen molar-refractivity contribution in [3.63, 3.8) is 0 Å². The van der Waals surface area contributed by atoms with Gasteiger partial charge in [0, 0.05) is 24.7 Å². The zero-order valence-corrected chi connectivity index (χ0v) is 12.2. The Kier molecular flexibility index (Phi) is 3.90. The van der Waals surface area contributed by atoms with Crippen LogP contribution in [-0.2, 0) is 6.54 Å². The van der Waals surface area contributed by atoms with Crippen molar-refractivity contribution in [3.05, 3.63) is 35.4 Å². The smallest absolute Gasteiger partial charge is 0.0210 e. The maximum atomic E-state index is 3.80. The predicted molar refractivity (Wildman–Crippen MR) is 80.2 cm³/mol. The highest BCUT2D eigenvalue weighted by atomic mass is 15.2. The Morgan fingerprint density at radius 3 is 2.53 bits per heavy atom. The first-order chi connectivity index (χ1) is 9.24. The molecular weight excluding hydrogens is 232 g/mol. The molecule has 2 aliphatic heterocycles. The summed E-state index contributed by atoms with van der Waals surface area (Å²) in [5, 5.41) is 3.80. The molecule has 2 heteroatoms. The SMILES string of the molecule is Cc1ccccc1CNC1CC2CCCC(C1)N2C. The molecule has 0 radical (unpaired) electrons. The Hall–Kier alpha value is -0.860. The molecule has 2 atom stereocenters. The lowest BCUT2D eigenvalue weighted by atomic mass is 9.82. The van der Waals surface area contributed by atoms with Crippen LogP contribution in [0.2, 0.25) is 0 Å². The molecule has 0 aromatic heterocycles. The van der Waals surface area contributed by atoms with Crippen molar-refractivity contribution in [3.8, 4) is 0 Å². The topological polar surface area (TPSA) is 15.3 Å². The zero-order valence-electron chi connectivity index (χ0n) is 12.2. The molecule has 104 valence electrons. The van der Waals surface area contributed by atoms with Gasteiger partial charge in [-0.3, -0.25) is 0 Å². The van der Waals surface area contributed by atoms with E-state index in [9.17, 15) is 0 Å². The third-order valence-electron chi connectivity index (χ3n) is 5.18. The summed E-state index contributed by atoms with van der Waals surface area (Å²) in [4.78, 5) is 2.63. The van der Waals surface area contributed by atoms with E-state index in [0.717, 1.165) is 18.6 Å². The van der Waals surface area contributed by atoms with Crippen LogP contribution in [0.5, 0.6) is 0 Å². The number of fused-ring (bicyclic) bond motifs is 2. The Morgan fingerprint density at radius 2 is 1.84 bits per heavy atom. The van der Waals surface area contributed by atoms with Crippen molar-refractivity contribution in [1.29, 1.82) is 0 Å². The molecule has 2 unspecified atom stereocenters. The molecule has 2 nitrogen and oxygen atoms in total. The number of aryl methyl sites for hydroxylation is 1. The van der Waals surface area contributed by atoms with Gasteiger partial charge in [0.05, 0.1) is 0 Å². The van der Waals surface area contributed by atoms with E-state index in [4.69, 9.17) is 0 Å². The number of rotatable bonds is 3. The van der Waals surface area contributed by atoms with Gasteiger partial charge in [0.2, 0.25) is 0 Å². The fourth-order valence-corrected chi connectivity index (χ4v) is 3.85. The van der Waals surface area contributed by atoms with Crippen molar-refractivity contribution >= 4 is 0 Å². The molecule has 2 aliphatic rings. The first kappa shape index (κ1) is 13.1. The minimum absolute atomic E-state index is 0.714. The van der Waals surface area contributed by atoms with Crippen LogP contribution >= 0.6 is 0 Å². The molecule has 19 heavy (non-hydrogen) atoms. The van der Waals surface area contributed by atoms with Gasteiger partial charge < -0.3 is 10.2 Å². The molecule has 0 amide bonds. The molecule has 0 aliphatic carbocycles. The van der Waals surface area contributed by atoms with Gasteiger partial charge in [-0.05, 0) is 50.8 Å². The molecule has 1 aromatic rings. The van der Waals surface area contributed by atoms with Crippen LogP contribution in [0.25, 0.3) is 0 Å². The number of hydrogen-bond acceptors (Lipinski definition) is 2. The van der Waals surface area contributed by atoms with E-state index in [1.165, 1.54) is 43.2 Å². The largest absolute Gasteiger partial charge is 0.310 e. The molecular formula is C17H26N2. The van der Waals surface area contributed by atoms with Crippen molar-refractivity contribution in [2.45, 2.75) is 63.7 Å². The van der Waals surface area contributed by atoms with Crippen molar-refractivity contribution < 1.29 is 0 Å². The fraction of sp³-hybridized carbons (Fsp3) is 0.647. The number of benzene rings is 1. The van der Waals surface area contributed by atoms with Crippen molar-refractivity contribution in [2.24, 2.45) is 0 Å². The van der Waals surface area contributed by atoms with Crippen molar-refractivity contribution in [1.82, 2.24) is 10.2 Å². The molecule has 3 rings (SSSR count). The molecule has 2 bridgehead atoms. The molecule has 1 aromatic carbocycles. The minimum atomic E-state index is 0.714. The normalized spacial score (nSPS) is 31.4. The third kappa shape index (κ3) is 2.85. The lowest BCUT2D eigenvalue weighted by Gasteiger charge is -2.47. The molecule has 2 heterocycles. The maximum Gasteiger partial charge on any atom is 0.0210 e. The van der Waals surface area contributed by atoms with Gasteiger partial charge in [-0.15, -0.1) is 0 Å². The van der Waals surface area contributed by atoms with Crippen molar-refractivity contribution in [2.75, 3.05) is 7.05 Å². The fourth-order valence-electron chi connectivity index (χ4n) is 3.85. The van der Waals surface area contributed by atoms with E-state index in [-0.39, 0.29) is 0 Å². The van der Waals surface area contributed by atoms with Crippen LogP contribution in [0.15, 0.2) is 24.3 Å². The van der Waals surface area contributed by atoms with Crippen LogP contribution in [0.4, 0.5) is 0 Å². The third-order valence-corrected chi connectivity index (χ3v) is 5.18. The second-order valence-corrected chi connectivity index (χ2v) is 6.38. The number of nitrogens with one attached hydrogen (secondary N) is 1. The lowest BCUT2D eigenvalue weighted by Crippen LogP contribution is -2.54. The highest BCUT2D eigenvalue weighted by Gasteiger charge is 2.35. The zero-order chi connectivity index (χ0) is 13.2. The molecule has 0 spiro atoms. The number of piperidine rings is 2. The Labute approximate surface area is 117 Å². The Balaban J connectivity index is 1.58. The molecule has 2 fully saturated rings. The van der Waals surface area contributed by atoms with E-state index in [2.05, 4.69) is 48.5 Å². The summed E-state index contributed by atoms with van der Waals surface area (Å²) in [6.07, 6.45) is 6.90. The first-order valence-corrected chi connectivity index (χ1v) is 7.74. The number of hydrogen-bond donors (Lipinski definition) is 1. The monoisotopic (exact) mass is 258 g/mol. The molecule has 0 saturated carbocycles. The average molecular weight is 258 g/mol. The average Bonchev–Trinajstić information content (AvgIpc) is 2.38. The van der Waals surface area contributed by atoms with Gasteiger partial charge in [0.25, 0.3) is 0 Å². The summed E-state index contributed by atoms with van der Waals surface area (Å²) in [6.45, 7) is 3.24. The van der Waals surface area contributed by atoms with Crippen LogP contribution < -0.4 is 5.32 Å². The van der Waals surface area contributed by atoms with Gasteiger partial charge in [-0.25, -0.2) is 0 Å². The van der Waals surface area contributed by atoms with Gasteiger partial charge in [-0.1, -0.05) is 30.7 Å². The van der Waals surface area contributed by atoms with Gasteiger partial charge >= 0.3 is 0 Å². The van der Waals surface area contributed by atoms with Gasteiger partial charge in [0.1, 0.15) is 0 Å². The van der Waals surface area contributed by atoms with Crippen LogP contribution in [0.1, 0.15) is 43.2 Å². The summed E-state index contributed by atoms with van der Waals surface area (Å²) in [7, 11) is 2.33. The first-order valence-electron chi connectivity index (χ1n) is 7.74. The minimum Gasteiger partial charge on any atom is -0.310 e. The standard InChI is InChI=1S/C17H26N2/c1-13-6-3-4-7-14(13)12-18-15-10-16-8-5-9-17(11-15)19(16)2/h3-4,6-7,15-18H,5,8-12H2,1-2H3. The summed E-state index contributed by atoms with van der Waals surface area (Å²) < 4.78 is 0. The van der Waals surface area contributed by atoms with E-state index in [1.807, 2.05) is 0 Å². The highest BCUT2D eigenvalue weighted by Crippen LogP contribution is 2.32. The van der Waals surface area contributed by atoms with Crippen LogP contribution in [-0.4, -0.2) is 30.1 Å². The van der Waals surface area contributed by atoms with Crippen LogP contribution in [0, 0.1) is 6.92 Å². The second-order valence-electron chi connectivity index (χ2n) is 6.38. The molecule has 1 N–H and O–H groups in total. The van der Waals surface area contributed by atoms with Crippen LogP contribution in [0.3, 0.4) is 0 Å². The van der Waals surface area contributed by atoms with E-state index < -0.39 is 0 Å². The summed E-state index contributed by atoms with van der Waals surface area (Å²) in [5.41, 5.74) is 2.86. The van der Waals surface area contributed by atoms with Gasteiger partial charge in [-0.2, -0.15) is 0 Å². The molecule has 2 saturated heterocycles. The summed E-state index contributed by atoms with van der Waals surface area (Å²) in [5.74, 6) is 0.